The minimum atomic E-state index is 0.866. The zero-order valence-electron chi connectivity index (χ0n) is 10.3. The molecule has 2 aliphatic carbocycles. The standard InChI is InChI=1S/C14H26/c1-5-8-11(6-2)9-14-10(4)13(14)12(14)7-3/h10-13H,5-9H2,1-4H3. The van der Waals surface area contributed by atoms with Crippen molar-refractivity contribution in [3.8, 4) is 0 Å². The first-order valence-corrected chi connectivity index (χ1v) is 6.72. The monoisotopic (exact) mass is 194 g/mol. The summed E-state index contributed by atoms with van der Waals surface area (Å²) in [5, 5.41) is 0. The molecule has 2 aliphatic rings. The molecule has 0 aromatic heterocycles. The summed E-state index contributed by atoms with van der Waals surface area (Å²) >= 11 is 0. The molecule has 14 heavy (non-hydrogen) atoms. The molecule has 2 rings (SSSR count). The van der Waals surface area contributed by atoms with Gasteiger partial charge in [-0.15, -0.1) is 0 Å². The SMILES string of the molecule is CCCC(CC)CC12C(C)C1C2CC. The van der Waals surface area contributed by atoms with Crippen LogP contribution in [0.4, 0.5) is 0 Å². The van der Waals surface area contributed by atoms with E-state index in [4.69, 9.17) is 0 Å². The van der Waals surface area contributed by atoms with Crippen LogP contribution in [0.15, 0.2) is 0 Å². The largest absolute Gasteiger partial charge is 0.0654 e. The fourth-order valence-corrected chi connectivity index (χ4v) is 4.30. The molecule has 0 radical (unpaired) electrons. The molecule has 0 amide bonds. The first kappa shape index (κ1) is 10.5. The molecule has 5 unspecified atom stereocenters. The molecule has 0 heterocycles. The molecular formula is C14H26. The van der Waals surface area contributed by atoms with Crippen molar-refractivity contribution in [3.05, 3.63) is 0 Å². The highest BCUT2D eigenvalue weighted by atomic mass is 14.9. The van der Waals surface area contributed by atoms with E-state index in [9.17, 15) is 0 Å². The van der Waals surface area contributed by atoms with Crippen LogP contribution in [0, 0.1) is 29.1 Å². The number of hydrogen-bond donors (Lipinski definition) is 0. The van der Waals surface area contributed by atoms with E-state index in [-0.39, 0.29) is 0 Å². The van der Waals surface area contributed by atoms with Crippen molar-refractivity contribution in [3.63, 3.8) is 0 Å². The second-order valence-corrected chi connectivity index (χ2v) is 5.71. The van der Waals surface area contributed by atoms with Gasteiger partial charge in [-0.05, 0) is 35.5 Å². The van der Waals surface area contributed by atoms with Gasteiger partial charge in [-0.2, -0.15) is 0 Å². The molecule has 2 fully saturated rings. The van der Waals surface area contributed by atoms with Crippen LogP contribution in [0.2, 0.25) is 0 Å². The Morgan fingerprint density at radius 1 is 1.21 bits per heavy atom. The predicted molar refractivity (Wildman–Crippen MR) is 62.2 cm³/mol. The van der Waals surface area contributed by atoms with Gasteiger partial charge >= 0.3 is 0 Å². The highest BCUT2D eigenvalue weighted by molar-refractivity contribution is 5.29. The van der Waals surface area contributed by atoms with Gasteiger partial charge in [0.2, 0.25) is 0 Å². The summed E-state index contributed by atoms with van der Waals surface area (Å²) in [6.07, 6.45) is 7.25. The predicted octanol–water partition coefficient (Wildman–Crippen LogP) is 4.49. The summed E-state index contributed by atoms with van der Waals surface area (Å²) in [7, 11) is 0. The molecule has 0 aliphatic heterocycles. The van der Waals surface area contributed by atoms with E-state index in [0.717, 1.165) is 29.1 Å². The van der Waals surface area contributed by atoms with Crippen molar-refractivity contribution in [2.75, 3.05) is 0 Å². The van der Waals surface area contributed by atoms with Crippen molar-refractivity contribution < 1.29 is 0 Å². The molecule has 0 aromatic carbocycles. The highest BCUT2D eigenvalue weighted by Gasteiger charge is 2.82. The Bertz CT molecular complexity index is 202. The lowest BCUT2D eigenvalue weighted by molar-refractivity contribution is 0.294. The van der Waals surface area contributed by atoms with Gasteiger partial charge in [0.05, 0.1) is 0 Å². The summed E-state index contributed by atoms with van der Waals surface area (Å²) in [6, 6.07) is 0. The summed E-state index contributed by atoms with van der Waals surface area (Å²) in [6.45, 7) is 9.57. The summed E-state index contributed by atoms with van der Waals surface area (Å²) < 4.78 is 0. The summed E-state index contributed by atoms with van der Waals surface area (Å²) in [4.78, 5) is 0. The van der Waals surface area contributed by atoms with E-state index in [1.165, 1.54) is 25.7 Å². The Morgan fingerprint density at radius 2 is 1.93 bits per heavy atom. The van der Waals surface area contributed by atoms with E-state index in [1.54, 1.807) is 6.42 Å². The van der Waals surface area contributed by atoms with Crippen molar-refractivity contribution in [2.24, 2.45) is 29.1 Å². The molecule has 0 aromatic rings. The van der Waals surface area contributed by atoms with Crippen molar-refractivity contribution in [1.29, 1.82) is 0 Å². The Balaban J connectivity index is 1.85. The first-order valence-electron chi connectivity index (χ1n) is 6.72. The Hall–Kier alpha value is 0. The fraction of sp³-hybridized carbons (Fsp3) is 1.00. The quantitative estimate of drug-likeness (QED) is 0.584. The topological polar surface area (TPSA) is 0 Å². The van der Waals surface area contributed by atoms with Gasteiger partial charge in [0, 0.05) is 0 Å². The molecular weight excluding hydrogens is 168 g/mol. The lowest BCUT2D eigenvalue weighted by Crippen LogP contribution is -2.11. The Labute approximate surface area is 89.5 Å². The summed E-state index contributed by atoms with van der Waals surface area (Å²) in [5.41, 5.74) is 0.866. The molecule has 0 saturated heterocycles. The van der Waals surface area contributed by atoms with Gasteiger partial charge in [0.25, 0.3) is 0 Å². The maximum absolute atomic E-state index is 2.48. The van der Waals surface area contributed by atoms with E-state index >= 15 is 0 Å². The smallest absolute Gasteiger partial charge is 0.0201 e. The molecule has 82 valence electrons. The van der Waals surface area contributed by atoms with Gasteiger partial charge in [-0.3, -0.25) is 0 Å². The van der Waals surface area contributed by atoms with Gasteiger partial charge in [0.15, 0.2) is 0 Å². The third kappa shape index (κ3) is 1.26. The Morgan fingerprint density at radius 3 is 2.29 bits per heavy atom. The lowest BCUT2D eigenvalue weighted by atomic mass is 9.84. The van der Waals surface area contributed by atoms with Gasteiger partial charge < -0.3 is 0 Å². The minimum absolute atomic E-state index is 0.866. The van der Waals surface area contributed by atoms with Gasteiger partial charge in [-0.25, -0.2) is 0 Å². The van der Waals surface area contributed by atoms with Crippen LogP contribution in [0.5, 0.6) is 0 Å². The minimum Gasteiger partial charge on any atom is -0.0654 e. The lowest BCUT2D eigenvalue weighted by Gasteiger charge is -2.21. The molecule has 2 saturated carbocycles. The average Bonchev–Trinajstić information content (AvgIpc) is 3.02. The second kappa shape index (κ2) is 3.54. The number of hydrogen-bond acceptors (Lipinski definition) is 0. The molecule has 0 heteroatoms. The Kier molecular flexibility index (Phi) is 2.66. The maximum atomic E-state index is 2.48. The molecule has 0 bridgehead atoms. The van der Waals surface area contributed by atoms with Crippen LogP contribution >= 0.6 is 0 Å². The highest BCUT2D eigenvalue weighted by Crippen LogP contribution is 2.87. The van der Waals surface area contributed by atoms with Crippen LogP contribution in [0.25, 0.3) is 0 Å². The van der Waals surface area contributed by atoms with Crippen molar-refractivity contribution >= 4 is 0 Å². The normalized spacial score (nSPS) is 45.9. The maximum Gasteiger partial charge on any atom is -0.0201 e. The number of rotatable bonds is 6. The first-order chi connectivity index (χ1) is 6.72. The average molecular weight is 194 g/mol. The van der Waals surface area contributed by atoms with Gasteiger partial charge in [0.1, 0.15) is 0 Å². The third-order valence-corrected chi connectivity index (χ3v) is 5.27. The van der Waals surface area contributed by atoms with Crippen molar-refractivity contribution in [1.82, 2.24) is 0 Å². The van der Waals surface area contributed by atoms with Crippen LogP contribution in [-0.4, -0.2) is 0 Å². The molecule has 0 N–H and O–H groups in total. The van der Waals surface area contributed by atoms with Crippen LogP contribution in [0.3, 0.4) is 0 Å². The number of fused-ring (bicyclic) bond motifs is 1. The zero-order chi connectivity index (χ0) is 10.3. The van der Waals surface area contributed by atoms with E-state index < -0.39 is 0 Å². The van der Waals surface area contributed by atoms with Crippen LogP contribution < -0.4 is 0 Å². The zero-order valence-corrected chi connectivity index (χ0v) is 10.3. The molecule has 5 atom stereocenters. The third-order valence-electron chi connectivity index (χ3n) is 5.27. The van der Waals surface area contributed by atoms with E-state index in [0.29, 0.717) is 0 Å². The van der Waals surface area contributed by atoms with Crippen LogP contribution in [-0.2, 0) is 0 Å². The van der Waals surface area contributed by atoms with E-state index in [2.05, 4.69) is 27.7 Å². The summed E-state index contributed by atoms with van der Waals surface area (Å²) in [5.74, 6) is 4.39. The van der Waals surface area contributed by atoms with Crippen LogP contribution in [0.1, 0.15) is 59.8 Å². The van der Waals surface area contributed by atoms with E-state index in [1.807, 2.05) is 0 Å². The van der Waals surface area contributed by atoms with Crippen molar-refractivity contribution in [2.45, 2.75) is 59.8 Å². The molecule has 0 spiro atoms. The molecule has 0 nitrogen and oxygen atoms in total. The second-order valence-electron chi connectivity index (χ2n) is 5.71. The fourth-order valence-electron chi connectivity index (χ4n) is 4.30. The van der Waals surface area contributed by atoms with Gasteiger partial charge in [-0.1, -0.05) is 53.4 Å².